The highest BCUT2D eigenvalue weighted by Crippen LogP contribution is 2.38. The Balaban J connectivity index is 2.25. The number of carbonyl (C=O) groups excluding carboxylic acids is 2. The van der Waals surface area contributed by atoms with Crippen molar-refractivity contribution in [3.05, 3.63) is 71.8 Å². The number of carbonyl (C=O) groups is 2. The number of aromatic hydroxyl groups is 1. The van der Waals surface area contributed by atoms with Gasteiger partial charge in [0.15, 0.2) is 0 Å². The number of nitrogens with one attached hydrogen (secondary N) is 2. The highest BCUT2D eigenvalue weighted by molar-refractivity contribution is 5.86. The number of anilines is 1. The zero-order valence-corrected chi connectivity index (χ0v) is 16.0. The monoisotopic (exact) mass is 384 g/mol. The molecule has 2 aromatic carbocycles. The third kappa shape index (κ3) is 5.85. The number of phenolic OH excluding ortho intramolecular Hbond substituents is 1. The summed E-state index contributed by atoms with van der Waals surface area (Å²) in [6.45, 7) is 5.51. The van der Waals surface area contributed by atoms with Crippen molar-refractivity contribution in [2.75, 3.05) is 5.32 Å². The van der Waals surface area contributed by atoms with Gasteiger partial charge in [-0.2, -0.15) is 0 Å². The summed E-state index contributed by atoms with van der Waals surface area (Å²) in [5.74, 6) is -0.610. The fourth-order valence-corrected chi connectivity index (χ4v) is 2.60. The molecule has 2 rings (SSSR count). The lowest BCUT2D eigenvalue weighted by atomic mass is 9.82. The zero-order chi connectivity index (χ0) is 20.7. The van der Waals surface area contributed by atoms with Gasteiger partial charge in [0.25, 0.3) is 5.91 Å². The van der Waals surface area contributed by atoms with Crippen molar-refractivity contribution in [2.24, 2.45) is 5.41 Å². The van der Waals surface area contributed by atoms with Crippen molar-refractivity contribution in [1.29, 1.82) is 0 Å². The molecule has 0 aromatic heterocycles. The van der Waals surface area contributed by atoms with Crippen molar-refractivity contribution < 1.29 is 24.6 Å². The first kappa shape index (κ1) is 21.0. The first-order valence-electron chi connectivity index (χ1n) is 8.68. The Kier molecular flexibility index (Phi) is 6.79. The molecule has 0 unspecified atom stereocenters. The second-order valence-corrected chi connectivity index (χ2v) is 7.00. The summed E-state index contributed by atoms with van der Waals surface area (Å²) in [7, 11) is 0. The van der Waals surface area contributed by atoms with Crippen LogP contribution in [-0.4, -0.2) is 22.3 Å². The highest BCUT2D eigenvalue weighted by atomic mass is 16.6. The Bertz CT molecular complexity index is 842. The van der Waals surface area contributed by atoms with Crippen molar-refractivity contribution in [3.8, 4) is 5.75 Å². The molecular weight excluding hydrogens is 360 g/mol. The molecule has 0 fully saturated rings. The molecule has 0 aliphatic carbocycles. The van der Waals surface area contributed by atoms with Gasteiger partial charge < -0.3 is 9.84 Å². The Hall–Kier alpha value is -3.32. The number of ether oxygens (including phenoxy) is 1. The highest BCUT2D eigenvalue weighted by Gasteiger charge is 2.32. The van der Waals surface area contributed by atoms with Crippen LogP contribution in [0.5, 0.6) is 5.75 Å². The smallest absolute Gasteiger partial charge is 0.412 e. The molecule has 0 aliphatic rings. The Labute approximate surface area is 163 Å². The predicted octanol–water partition coefficient (Wildman–Crippen LogP) is 4.08. The fraction of sp³-hybridized carbons (Fsp3) is 0.238. The SMILES string of the molecule is Cc1ccc(NC(=O)O[C@H](c2ccc(O)cc2)C(C)(C)/C=C/C(=O)NO)cc1. The summed E-state index contributed by atoms with van der Waals surface area (Å²) in [4.78, 5) is 23.8. The Morgan fingerprint density at radius 1 is 1.07 bits per heavy atom. The van der Waals surface area contributed by atoms with Crippen molar-refractivity contribution >= 4 is 17.7 Å². The first-order chi connectivity index (χ1) is 13.2. The van der Waals surface area contributed by atoms with E-state index < -0.39 is 23.5 Å². The average Bonchev–Trinajstić information content (AvgIpc) is 2.67. The number of hydrogen-bond donors (Lipinski definition) is 4. The van der Waals surface area contributed by atoms with E-state index in [0.717, 1.165) is 11.6 Å². The molecular formula is C21H24N2O5. The Morgan fingerprint density at radius 3 is 2.25 bits per heavy atom. The molecule has 0 saturated heterocycles. The third-order valence-corrected chi connectivity index (χ3v) is 4.17. The minimum Gasteiger partial charge on any atom is -0.508 e. The Morgan fingerprint density at radius 2 is 1.68 bits per heavy atom. The van der Waals surface area contributed by atoms with Gasteiger partial charge in [-0.15, -0.1) is 0 Å². The number of phenols is 1. The average molecular weight is 384 g/mol. The van der Waals surface area contributed by atoms with Gasteiger partial charge in [-0.25, -0.2) is 10.3 Å². The standard InChI is InChI=1S/C21H24N2O5/c1-14-4-8-16(9-5-14)22-20(26)28-19(15-6-10-17(24)11-7-15)21(2,3)13-12-18(25)23-27/h4-13,19,24,27H,1-3H3,(H,22,26)(H,23,25)/b13-12+/t19-/m1/s1. The second-order valence-electron chi connectivity index (χ2n) is 7.00. The van der Waals surface area contributed by atoms with E-state index in [1.165, 1.54) is 23.7 Å². The summed E-state index contributed by atoms with van der Waals surface area (Å²) in [5, 5.41) is 20.9. The number of amides is 2. The lowest BCUT2D eigenvalue weighted by Crippen LogP contribution is -2.28. The van der Waals surface area contributed by atoms with Gasteiger partial charge in [-0.3, -0.25) is 15.3 Å². The minimum absolute atomic E-state index is 0.0830. The quantitative estimate of drug-likeness (QED) is 0.341. The molecule has 2 amide bonds. The molecule has 148 valence electrons. The zero-order valence-electron chi connectivity index (χ0n) is 16.0. The summed E-state index contributed by atoms with van der Waals surface area (Å²) >= 11 is 0. The van der Waals surface area contributed by atoms with E-state index in [1.54, 1.807) is 38.1 Å². The first-order valence-corrected chi connectivity index (χ1v) is 8.68. The lowest BCUT2D eigenvalue weighted by molar-refractivity contribution is -0.124. The second kappa shape index (κ2) is 9.05. The molecule has 4 N–H and O–H groups in total. The van der Waals surface area contributed by atoms with Gasteiger partial charge in [0.2, 0.25) is 0 Å². The normalized spacial score (nSPS) is 12.4. The molecule has 0 saturated carbocycles. The summed E-state index contributed by atoms with van der Waals surface area (Å²) in [6, 6.07) is 13.5. The third-order valence-electron chi connectivity index (χ3n) is 4.17. The van der Waals surface area contributed by atoms with E-state index in [2.05, 4.69) is 5.32 Å². The van der Waals surface area contributed by atoms with Gasteiger partial charge in [0.05, 0.1) is 0 Å². The van der Waals surface area contributed by atoms with Gasteiger partial charge in [0.1, 0.15) is 11.9 Å². The minimum atomic E-state index is -0.798. The topological polar surface area (TPSA) is 108 Å². The van der Waals surface area contributed by atoms with Crippen LogP contribution in [0.2, 0.25) is 0 Å². The maximum atomic E-state index is 12.5. The largest absolute Gasteiger partial charge is 0.508 e. The predicted molar refractivity (Wildman–Crippen MR) is 105 cm³/mol. The van der Waals surface area contributed by atoms with E-state index >= 15 is 0 Å². The van der Waals surface area contributed by atoms with E-state index in [4.69, 9.17) is 9.94 Å². The number of hydroxylamine groups is 1. The molecule has 7 nitrogen and oxygen atoms in total. The van der Waals surface area contributed by atoms with Gasteiger partial charge in [-0.1, -0.05) is 49.8 Å². The molecule has 1 atom stereocenters. The van der Waals surface area contributed by atoms with Gasteiger partial charge in [-0.05, 0) is 36.8 Å². The summed E-state index contributed by atoms with van der Waals surface area (Å²) in [5.41, 5.74) is 3.02. The number of aryl methyl sites for hydroxylation is 1. The summed E-state index contributed by atoms with van der Waals surface area (Å²) in [6.07, 6.45) is 1.28. The molecule has 0 aliphatic heterocycles. The van der Waals surface area contributed by atoms with Crippen molar-refractivity contribution in [1.82, 2.24) is 5.48 Å². The molecule has 28 heavy (non-hydrogen) atoms. The van der Waals surface area contributed by atoms with Crippen LogP contribution in [0, 0.1) is 12.3 Å². The van der Waals surface area contributed by atoms with Crippen LogP contribution in [-0.2, 0) is 9.53 Å². The fourth-order valence-electron chi connectivity index (χ4n) is 2.60. The van der Waals surface area contributed by atoms with Gasteiger partial charge in [0, 0.05) is 17.2 Å². The van der Waals surface area contributed by atoms with Crippen LogP contribution in [0.1, 0.15) is 31.1 Å². The van der Waals surface area contributed by atoms with Crippen LogP contribution in [0.15, 0.2) is 60.7 Å². The number of rotatable bonds is 6. The van der Waals surface area contributed by atoms with E-state index in [0.29, 0.717) is 11.3 Å². The molecule has 0 radical (unpaired) electrons. The van der Waals surface area contributed by atoms with Crippen LogP contribution >= 0.6 is 0 Å². The van der Waals surface area contributed by atoms with E-state index in [1.807, 2.05) is 19.1 Å². The molecule has 0 heterocycles. The molecule has 0 spiro atoms. The van der Waals surface area contributed by atoms with Crippen LogP contribution in [0.3, 0.4) is 0 Å². The van der Waals surface area contributed by atoms with E-state index in [-0.39, 0.29) is 5.75 Å². The summed E-state index contributed by atoms with van der Waals surface area (Å²) < 4.78 is 5.66. The van der Waals surface area contributed by atoms with Crippen LogP contribution < -0.4 is 10.8 Å². The van der Waals surface area contributed by atoms with E-state index in [9.17, 15) is 14.7 Å². The number of hydrogen-bond acceptors (Lipinski definition) is 5. The molecule has 7 heteroatoms. The van der Waals surface area contributed by atoms with Crippen molar-refractivity contribution in [2.45, 2.75) is 26.9 Å². The van der Waals surface area contributed by atoms with Crippen LogP contribution in [0.25, 0.3) is 0 Å². The lowest BCUT2D eigenvalue weighted by Gasteiger charge is -2.31. The van der Waals surface area contributed by atoms with Gasteiger partial charge >= 0.3 is 6.09 Å². The maximum absolute atomic E-state index is 12.5. The molecule has 2 aromatic rings. The number of benzene rings is 2. The van der Waals surface area contributed by atoms with Crippen molar-refractivity contribution in [3.63, 3.8) is 0 Å². The molecule has 0 bridgehead atoms. The maximum Gasteiger partial charge on any atom is 0.412 e. The van der Waals surface area contributed by atoms with Crippen LogP contribution in [0.4, 0.5) is 10.5 Å².